The van der Waals surface area contributed by atoms with E-state index in [1.807, 2.05) is 0 Å². The molecule has 2 atom stereocenters. The van der Waals surface area contributed by atoms with Crippen LogP contribution >= 0.6 is 0 Å². The molecule has 0 spiro atoms. The molecule has 3 nitrogen and oxygen atoms in total. The van der Waals surface area contributed by atoms with Crippen molar-refractivity contribution in [3.63, 3.8) is 0 Å². The molecule has 1 rings (SSSR count). The minimum absolute atomic E-state index is 0.276. The van der Waals surface area contributed by atoms with E-state index in [-0.39, 0.29) is 6.04 Å². The van der Waals surface area contributed by atoms with E-state index in [1.165, 1.54) is 12.8 Å². The van der Waals surface area contributed by atoms with Gasteiger partial charge in [0.15, 0.2) is 0 Å². The fourth-order valence-electron chi connectivity index (χ4n) is 1.45. The van der Waals surface area contributed by atoms with Crippen LogP contribution in [0, 0.1) is 11.8 Å². The molecule has 0 aromatic rings. The molecule has 2 unspecified atom stereocenters. The van der Waals surface area contributed by atoms with E-state index in [2.05, 4.69) is 19.2 Å². The molecule has 0 bridgehead atoms. The maximum absolute atomic E-state index is 6.00. The van der Waals surface area contributed by atoms with Crippen LogP contribution in [0.4, 0.5) is 0 Å². The molecule has 1 saturated carbocycles. The minimum Gasteiger partial charge on any atom is -0.380 e. The van der Waals surface area contributed by atoms with E-state index in [4.69, 9.17) is 10.5 Å². The van der Waals surface area contributed by atoms with Gasteiger partial charge in [0.1, 0.15) is 0 Å². The fraction of sp³-hybridized carbons (Fsp3) is 1.00. The first-order valence-corrected chi connectivity index (χ1v) is 6.28. The Labute approximate surface area is 93.8 Å². The zero-order valence-corrected chi connectivity index (χ0v) is 10.2. The molecule has 0 aromatic carbocycles. The summed E-state index contributed by atoms with van der Waals surface area (Å²) in [7, 11) is 0. The van der Waals surface area contributed by atoms with Gasteiger partial charge in [-0.05, 0) is 24.7 Å². The normalized spacial score (nSPS) is 20.2. The summed E-state index contributed by atoms with van der Waals surface area (Å²) in [5.74, 6) is 1.47. The average Bonchev–Trinajstić information content (AvgIpc) is 3.05. The summed E-state index contributed by atoms with van der Waals surface area (Å²) in [4.78, 5) is 0. The highest BCUT2D eigenvalue weighted by molar-refractivity contribution is 4.72. The molecule has 0 amide bonds. The molecule has 1 fully saturated rings. The molecule has 15 heavy (non-hydrogen) atoms. The Hall–Kier alpha value is -0.120. The largest absolute Gasteiger partial charge is 0.380 e. The Morgan fingerprint density at radius 2 is 2.20 bits per heavy atom. The fourth-order valence-corrected chi connectivity index (χ4v) is 1.45. The minimum atomic E-state index is 0.276. The molecule has 0 radical (unpaired) electrons. The van der Waals surface area contributed by atoms with Crippen LogP contribution in [0.3, 0.4) is 0 Å². The van der Waals surface area contributed by atoms with Gasteiger partial charge in [0.05, 0.1) is 6.61 Å². The van der Waals surface area contributed by atoms with Gasteiger partial charge in [0.2, 0.25) is 0 Å². The topological polar surface area (TPSA) is 47.3 Å². The van der Waals surface area contributed by atoms with Crippen LogP contribution in [0.2, 0.25) is 0 Å². The number of hydrogen-bond acceptors (Lipinski definition) is 3. The molecule has 1 aliphatic rings. The maximum Gasteiger partial charge on any atom is 0.0591 e. The summed E-state index contributed by atoms with van der Waals surface area (Å²) in [6.07, 6.45) is 3.89. The third-order valence-corrected chi connectivity index (χ3v) is 3.23. The van der Waals surface area contributed by atoms with E-state index in [0.29, 0.717) is 5.92 Å². The lowest BCUT2D eigenvalue weighted by Gasteiger charge is -2.18. The molecule has 1 aliphatic carbocycles. The van der Waals surface area contributed by atoms with E-state index in [9.17, 15) is 0 Å². The molecule has 0 heterocycles. The first kappa shape index (κ1) is 12.9. The zero-order chi connectivity index (χ0) is 11.1. The number of hydrogen-bond donors (Lipinski definition) is 2. The second kappa shape index (κ2) is 7.20. The van der Waals surface area contributed by atoms with Crippen molar-refractivity contribution >= 4 is 0 Å². The van der Waals surface area contributed by atoms with Crippen LogP contribution in [-0.4, -0.2) is 32.3 Å². The van der Waals surface area contributed by atoms with Gasteiger partial charge in [-0.2, -0.15) is 0 Å². The SMILES string of the molecule is CCC(C)C(N)CNCCOCC1CC1. The summed E-state index contributed by atoms with van der Waals surface area (Å²) in [6, 6.07) is 0.276. The number of ether oxygens (including phenoxy) is 1. The van der Waals surface area contributed by atoms with Crippen LogP contribution in [0.15, 0.2) is 0 Å². The van der Waals surface area contributed by atoms with Gasteiger partial charge in [-0.15, -0.1) is 0 Å². The summed E-state index contributed by atoms with van der Waals surface area (Å²) in [6.45, 7) is 8.00. The Bertz CT molecular complexity index is 160. The smallest absolute Gasteiger partial charge is 0.0591 e. The van der Waals surface area contributed by atoms with Crippen LogP contribution in [0.5, 0.6) is 0 Å². The van der Waals surface area contributed by atoms with Crippen molar-refractivity contribution in [3.05, 3.63) is 0 Å². The van der Waals surface area contributed by atoms with Crippen LogP contribution < -0.4 is 11.1 Å². The summed E-state index contributed by atoms with van der Waals surface area (Å²) in [5, 5.41) is 3.34. The van der Waals surface area contributed by atoms with Gasteiger partial charge in [-0.3, -0.25) is 0 Å². The Morgan fingerprint density at radius 1 is 1.47 bits per heavy atom. The van der Waals surface area contributed by atoms with Gasteiger partial charge < -0.3 is 15.8 Å². The van der Waals surface area contributed by atoms with Crippen LogP contribution in [-0.2, 0) is 4.74 Å². The third kappa shape index (κ3) is 6.13. The van der Waals surface area contributed by atoms with E-state index < -0.39 is 0 Å². The van der Waals surface area contributed by atoms with Crippen molar-refractivity contribution in [2.75, 3.05) is 26.3 Å². The summed E-state index contributed by atoms with van der Waals surface area (Å²) >= 11 is 0. The second-order valence-electron chi connectivity index (χ2n) is 4.77. The predicted molar refractivity (Wildman–Crippen MR) is 63.8 cm³/mol. The standard InChI is InChI=1S/C12H26N2O/c1-3-10(2)12(13)8-14-6-7-15-9-11-4-5-11/h10-12,14H,3-9,13H2,1-2H3. The van der Waals surface area contributed by atoms with Crippen molar-refractivity contribution in [1.29, 1.82) is 0 Å². The summed E-state index contributed by atoms with van der Waals surface area (Å²) < 4.78 is 5.52. The van der Waals surface area contributed by atoms with Crippen molar-refractivity contribution in [2.24, 2.45) is 17.6 Å². The van der Waals surface area contributed by atoms with Crippen molar-refractivity contribution in [1.82, 2.24) is 5.32 Å². The third-order valence-electron chi connectivity index (χ3n) is 3.23. The molecule has 0 saturated heterocycles. The van der Waals surface area contributed by atoms with Gasteiger partial charge in [0.25, 0.3) is 0 Å². The lowest BCUT2D eigenvalue weighted by Crippen LogP contribution is -2.39. The molecular formula is C12H26N2O. The molecule has 3 heteroatoms. The highest BCUT2D eigenvalue weighted by Gasteiger charge is 2.20. The zero-order valence-electron chi connectivity index (χ0n) is 10.2. The Kier molecular flexibility index (Phi) is 6.22. The molecule has 0 aliphatic heterocycles. The lowest BCUT2D eigenvalue weighted by atomic mass is 10.0. The van der Waals surface area contributed by atoms with Crippen molar-refractivity contribution < 1.29 is 4.74 Å². The molecule has 0 aromatic heterocycles. The van der Waals surface area contributed by atoms with Crippen molar-refractivity contribution in [3.8, 4) is 0 Å². The second-order valence-corrected chi connectivity index (χ2v) is 4.77. The first-order chi connectivity index (χ1) is 7.24. The average molecular weight is 214 g/mol. The van der Waals surface area contributed by atoms with Gasteiger partial charge in [-0.25, -0.2) is 0 Å². The number of rotatable bonds is 9. The first-order valence-electron chi connectivity index (χ1n) is 6.28. The predicted octanol–water partition coefficient (Wildman–Crippen LogP) is 1.38. The molecular weight excluding hydrogens is 188 g/mol. The highest BCUT2D eigenvalue weighted by atomic mass is 16.5. The van der Waals surface area contributed by atoms with Gasteiger partial charge in [0, 0.05) is 25.7 Å². The van der Waals surface area contributed by atoms with Crippen LogP contribution in [0.25, 0.3) is 0 Å². The van der Waals surface area contributed by atoms with Gasteiger partial charge in [-0.1, -0.05) is 20.3 Å². The monoisotopic (exact) mass is 214 g/mol. The van der Waals surface area contributed by atoms with E-state index in [0.717, 1.165) is 38.6 Å². The summed E-state index contributed by atoms with van der Waals surface area (Å²) in [5.41, 5.74) is 6.00. The molecule has 3 N–H and O–H groups in total. The van der Waals surface area contributed by atoms with Crippen molar-refractivity contribution in [2.45, 2.75) is 39.2 Å². The Balaban J connectivity index is 1.82. The van der Waals surface area contributed by atoms with E-state index >= 15 is 0 Å². The molecule has 90 valence electrons. The quantitative estimate of drug-likeness (QED) is 0.570. The van der Waals surface area contributed by atoms with Gasteiger partial charge >= 0.3 is 0 Å². The number of nitrogens with one attached hydrogen (secondary N) is 1. The van der Waals surface area contributed by atoms with E-state index in [1.54, 1.807) is 0 Å². The number of nitrogens with two attached hydrogens (primary N) is 1. The van der Waals surface area contributed by atoms with Crippen LogP contribution in [0.1, 0.15) is 33.1 Å². The highest BCUT2D eigenvalue weighted by Crippen LogP contribution is 2.28. The maximum atomic E-state index is 6.00. The Morgan fingerprint density at radius 3 is 2.80 bits per heavy atom. The lowest BCUT2D eigenvalue weighted by molar-refractivity contribution is 0.125.